The number of rotatable bonds is 6. The highest BCUT2D eigenvalue weighted by Gasteiger charge is 2.30. The highest BCUT2D eigenvalue weighted by atomic mass is 19.4. The summed E-state index contributed by atoms with van der Waals surface area (Å²) in [6.45, 7) is -0.593. The molecule has 1 atom stereocenters. The third-order valence-electron chi connectivity index (χ3n) is 3.54. The Morgan fingerprint density at radius 1 is 1.00 bits per heavy atom. The zero-order valence-corrected chi connectivity index (χ0v) is 13.6. The van der Waals surface area contributed by atoms with Crippen molar-refractivity contribution in [2.75, 3.05) is 13.1 Å². The van der Waals surface area contributed by atoms with E-state index in [2.05, 4.69) is 10.6 Å². The fraction of sp³-hybridized carbons (Fsp3) is 0.222. The summed E-state index contributed by atoms with van der Waals surface area (Å²) in [4.78, 5) is 23.5. The van der Waals surface area contributed by atoms with Crippen molar-refractivity contribution >= 4 is 11.8 Å². The van der Waals surface area contributed by atoms with Crippen LogP contribution in [0, 0.1) is 0 Å². The van der Waals surface area contributed by atoms with Gasteiger partial charge in [-0.15, -0.1) is 0 Å². The van der Waals surface area contributed by atoms with Gasteiger partial charge in [0.05, 0.1) is 18.2 Å². The van der Waals surface area contributed by atoms with Gasteiger partial charge in [0, 0.05) is 12.1 Å². The van der Waals surface area contributed by atoms with E-state index in [1.807, 2.05) is 0 Å². The van der Waals surface area contributed by atoms with Gasteiger partial charge in [-0.1, -0.05) is 30.3 Å². The molecule has 0 aliphatic carbocycles. The molecule has 0 spiro atoms. The number of hydrogen-bond donors (Lipinski definition) is 3. The molecule has 0 saturated carbocycles. The molecule has 2 rings (SSSR count). The maximum Gasteiger partial charge on any atom is 0.416 e. The molecule has 0 fully saturated rings. The number of aliphatic hydroxyl groups excluding tert-OH is 1. The number of aliphatic hydroxyl groups is 1. The van der Waals surface area contributed by atoms with E-state index in [0.717, 1.165) is 12.1 Å². The lowest BCUT2D eigenvalue weighted by Crippen LogP contribution is -2.38. The number of carbonyl (C=O) groups is 2. The summed E-state index contributed by atoms with van der Waals surface area (Å²) in [7, 11) is 0. The Morgan fingerprint density at radius 3 is 2.35 bits per heavy atom. The van der Waals surface area contributed by atoms with Crippen LogP contribution in [0.3, 0.4) is 0 Å². The van der Waals surface area contributed by atoms with Gasteiger partial charge in [-0.3, -0.25) is 9.59 Å². The lowest BCUT2D eigenvalue weighted by Gasteiger charge is -2.14. The maximum absolute atomic E-state index is 12.7. The Balaban J connectivity index is 1.83. The van der Waals surface area contributed by atoms with Crippen LogP contribution in [-0.2, 0) is 11.0 Å². The van der Waals surface area contributed by atoms with E-state index in [1.165, 1.54) is 12.1 Å². The lowest BCUT2D eigenvalue weighted by atomic mass is 10.1. The number of carbonyl (C=O) groups excluding carboxylic acids is 2. The van der Waals surface area contributed by atoms with E-state index in [1.54, 1.807) is 30.3 Å². The molecule has 0 aromatic heterocycles. The molecule has 0 bridgehead atoms. The summed E-state index contributed by atoms with van der Waals surface area (Å²) in [6.07, 6.45) is -5.81. The SMILES string of the molecule is O=C(CNC(=O)c1ccccc1)NCC(O)c1cccc(C(F)(F)F)c1. The fourth-order valence-corrected chi connectivity index (χ4v) is 2.17. The van der Waals surface area contributed by atoms with Gasteiger partial charge in [-0.05, 0) is 29.8 Å². The first-order valence-corrected chi connectivity index (χ1v) is 7.72. The first kappa shape index (κ1) is 19.5. The minimum Gasteiger partial charge on any atom is -0.387 e. The summed E-state index contributed by atoms with van der Waals surface area (Å²) < 4.78 is 38.0. The van der Waals surface area contributed by atoms with Crippen LogP contribution in [0.25, 0.3) is 0 Å². The van der Waals surface area contributed by atoms with Crippen LogP contribution in [-0.4, -0.2) is 30.0 Å². The van der Waals surface area contributed by atoms with Crippen LogP contribution in [0.15, 0.2) is 54.6 Å². The van der Waals surface area contributed by atoms with Crippen LogP contribution >= 0.6 is 0 Å². The third-order valence-corrected chi connectivity index (χ3v) is 3.54. The molecule has 8 heteroatoms. The molecule has 0 aliphatic heterocycles. The van der Waals surface area contributed by atoms with E-state index >= 15 is 0 Å². The smallest absolute Gasteiger partial charge is 0.387 e. The van der Waals surface area contributed by atoms with Crippen molar-refractivity contribution < 1.29 is 27.9 Å². The normalized spacial score (nSPS) is 12.3. The van der Waals surface area contributed by atoms with Gasteiger partial charge >= 0.3 is 6.18 Å². The van der Waals surface area contributed by atoms with Gasteiger partial charge in [-0.2, -0.15) is 13.2 Å². The first-order chi connectivity index (χ1) is 12.3. The molecular weight excluding hydrogens is 349 g/mol. The predicted octanol–water partition coefficient (Wildman–Crippen LogP) is 2.29. The molecule has 1 unspecified atom stereocenters. The molecule has 2 amide bonds. The summed E-state index contributed by atoms with van der Waals surface area (Å²) in [5.41, 5.74) is -0.451. The number of halogens is 3. The molecule has 5 nitrogen and oxygen atoms in total. The van der Waals surface area contributed by atoms with Gasteiger partial charge in [0.25, 0.3) is 5.91 Å². The molecule has 26 heavy (non-hydrogen) atoms. The van der Waals surface area contributed by atoms with E-state index < -0.39 is 29.7 Å². The van der Waals surface area contributed by atoms with Crippen molar-refractivity contribution in [2.24, 2.45) is 0 Å². The largest absolute Gasteiger partial charge is 0.416 e. The number of amides is 2. The standard InChI is InChI=1S/C18H17F3N2O3/c19-18(20,21)14-8-4-7-13(9-14)15(24)10-22-16(25)11-23-17(26)12-5-2-1-3-6-12/h1-9,15,24H,10-11H2,(H,22,25)(H,23,26). The zero-order valence-electron chi connectivity index (χ0n) is 13.6. The molecular formula is C18H17F3N2O3. The Kier molecular flexibility index (Phi) is 6.35. The molecule has 138 valence electrons. The first-order valence-electron chi connectivity index (χ1n) is 7.72. The average molecular weight is 366 g/mol. The summed E-state index contributed by atoms with van der Waals surface area (Å²) in [6, 6.07) is 12.5. The molecule has 2 aromatic rings. The van der Waals surface area contributed by atoms with Gasteiger partial charge in [0.1, 0.15) is 0 Å². The lowest BCUT2D eigenvalue weighted by molar-refractivity contribution is -0.137. The second-order valence-corrected chi connectivity index (χ2v) is 5.49. The van der Waals surface area contributed by atoms with Crippen molar-refractivity contribution in [1.82, 2.24) is 10.6 Å². The quantitative estimate of drug-likeness (QED) is 0.734. The molecule has 0 heterocycles. The summed E-state index contributed by atoms with van der Waals surface area (Å²) >= 11 is 0. The van der Waals surface area contributed by atoms with Crippen LogP contribution < -0.4 is 10.6 Å². The fourth-order valence-electron chi connectivity index (χ4n) is 2.17. The van der Waals surface area contributed by atoms with Crippen LogP contribution in [0.4, 0.5) is 13.2 Å². The van der Waals surface area contributed by atoms with Crippen LogP contribution in [0.5, 0.6) is 0 Å². The number of nitrogens with one attached hydrogen (secondary N) is 2. The van der Waals surface area contributed by atoms with E-state index in [-0.39, 0.29) is 18.7 Å². The van der Waals surface area contributed by atoms with Crippen molar-refractivity contribution in [2.45, 2.75) is 12.3 Å². The van der Waals surface area contributed by atoms with Gasteiger partial charge < -0.3 is 15.7 Å². The second-order valence-electron chi connectivity index (χ2n) is 5.49. The van der Waals surface area contributed by atoms with E-state index in [4.69, 9.17) is 0 Å². The Bertz CT molecular complexity index is 764. The second kappa shape index (κ2) is 8.48. The molecule has 3 N–H and O–H groups in total. The predicted molar refractivity (Wildman–Crippen MR) is 88.2 cm³/mol. The average Bonchev–Trinajstić information content (AvgIpc) is 2.64. The highest BCUT2D eigenvalue weighted by molar-refractivity contribution is 5.96. The summed E-state index contributed by atoms with van der Waals surface area (Å²) in [5, 5.41) is 14.7. The monoisotopic (exact) mass is 366 g/mol. The number of alkyl halides is 3. The van der Waals surface area contributed by atoms with Gasteiger partial charge in [-0.25, -0.2) is 0 Å². The molecule has 0 radical (unpaired) electrons. The minimum absolute atomic E-state index is 0.0356. The summed E-state index contributed by atoms with van der Waals surface area (Å²) in [5.74, 6) is -1.00. The van der Waals surface area contributed by atoms with Crippen molar-refractivity contribution in [3.05, 3.63) is 71.3 Å². The molecule has 2 aromatic carbocycles. The third kappa shape index (κ3) is 5.59. The van der Waals surface area contributed by atoms with Crippen LogP contribution in [0.2, 0.25) is 0 Å². The van der Waals surface area contributed by atoms with Crippen molar-refractivity contribution in [3.63, 3.8) is 0 Å². The number of benzene rings is 2. The molecule has 0 aliphatic rings. The van der Waals surface area contributed by atoms with Gasteiger partial charge in [0.15, 0.2) is 0 Å². The number of hydrogen-bond acceptors (Lipinski definition) is 3. The minimum atomic E-state index is -4.51. The Hall–Kier alpha value is -2.87. The van der Waals surface area contributed by atoms with E-state index in [9.17, 15) is 27.9 Å². The van der Waals surface area contributed by atoms with Gasteiger partial charge in [0.2, 0.25) is 5.91 Å². The van der Waals surface area contributed by atoms with Crippen LogP contribution in [0.1, 0.15) is 27.6 Å². The zero-order chi connectivity index (χ0) is 19.2. The topological polar surface area (TPSA) is 78.4 Å². The Morgan fingerprint density at radius 2 is 1.69 bits per heavy atom. The van der Waals surface area contributed by atoms with Crippen molar-refractivity contribution in [3.8, 4) is 0 Å². The van der Waals surface area contributed by atoms with E-state index in [0.29, 0.717) is 5.56 Å². The maximum atomic E-state index is 12.7. The van der Waals surface area contributed by atoms with Crippen molar-refractivity contribution in [1.29, 1.82) is 0 Å². The Labute approximate surface area is 147 Å². The molecule has 0 saturated heterocycles. The highest BCUT2D eigenvalue weighted by Crippen LogP contribution is 2.30.